The Labute approximate surface area is 89.4 Å². The van der Waals surface area contributed by atoms with Crippen LogP contribution in [-0.2, 0) is 14.4 Å². The molecule has 1 aliphatic rings. The molecule has 84 valence electrons. The SMILES string of the molecule is CC(=O)N[C@@H](CC1CCCC1=O)C(C)=O. The van der Waals surface area contributed by atoms with Gasteiger partial charge in [-0.2, -0.15) is 0 Å². The zero-order valence-electron chi connectivity index (χ0n) is 9.21. The third kappa shape index (κ3) is 3.46. The van der Waals surface area contributed by atoms with Gasteiger partial charge in [0.15, 0.2) is 5.78 Å². The summed E-state index contributed by atoms with van der Waals surface area (Å²) in [5.74, 6) is -0.108. The summed E-state index contributed by atoms with van der Waals surface area (Å²) in [5, 5.41) is 2.59. The highest BCUT2D eigenvalue weighted by atomic mass is 16.2. The van der Waals surface area contributed by atoms with Crippen molar-refractivity contribution in [1.82, 2.24) is 5.32 Å². The maximum atomic E-state index is 11.4. The van der Waals surface area contributed by atoms with Gasteiger partial charge in [0.25, 0.3) is 0 Å². The molecule has 0 radical (unpaired) electrons. The van der Waals surface area contributed by atoms with Crippen LogP contribution in [0.5, 0.6) is 0 Å². The van der Waals surface area contributed by atoms with Crippen molar-refractivity contribution in [3.05, 3.63) is 0 Å². The number of rotatable bonds is 4. The molecular weight excluding hydrogens is 194 g/mol. The Morgan fingerprint density at radius 3 is 2.53 bits per heavy atom. The van der Waals surface area contributed by atoms with E-state index in [1.54, 1.807) is 0 Å². The first kappa shape index (κ1) is 11.9. The fourth-order valence-electron chi connectivity index (χ4n) is 1.99. The van der Waals surface area contributed by atoms with E-state index in [1.807, 2.05) is 0 Å². The van der Waals surface area contributed by atoms with Gasteiger partial charge in [0.05, 0.1) is 6.04 Å². The molecule has 1 saturated carbocycles. The molecule has 4 heteroatoms. The second-order valence-electron chi connectivity index (χ2n) is 4.15. The fourth-order valence-corrected chi connectivity index (χ4v) is 1.99. The van der Waals surface area contributed by atoms with Crippen LogP contribution in [0.4, 0.5) is 0 Å². The van der Waals surface area contributed by atoms with Crippen LogP contribution < -0.4 is 5.32 Å². The molecule has 0 spiro atoms. The van der Waals surface area contributed by atoms with Crippen molar-refractivity contribution in [2.24, 2.45) is 5.92 Å². The van der Waals surface area contributed by atoms with Crippen molar-refractivity contribution in [3.8, 4) is 0 Å². The highest BCUT2D eigenvalue weighted by Gasteiger charge is 2.29. The molecule has 0 aromatic heterocycles. The highest BCUT2D eigenvalue weighted by Crippen LogP contribution is 2.25. The molecule has 0 saturated heterocycles. The largest absolute Gasteiger partial charge is 0.347 e. The van der Waals surface area contributed by atoms with Gasteiger partial charge in [-0.3, -0.25) is 14.4 Å². The van der Waals surface area contributed by atoms with Crippen LogP contribution in [0.15, 0.2) is 0 Å². The quantitative estimate of drug-likeness (QED) is 0.749. The van der Waals surface area contributed by atoms with Gasteiger partial charge in [0, 0.05) is 19.3 Å². The number of hydrogen-bond donors (Lipinski definition) is 1. The average molecular weight is 211 g/mol. The van der Waals surface area contributed by atoms with E-state index in [-0.39, 0.29) is 23.4 Å². The lowest BCUT2D eigenvalue weighted by molar-refractivity contribution is -0.127. The van der Waals surface area contributed by atoms with Gasteiger partial charge >= 0.3 is 0 Å². The predicted molar refractivity (Wildman–Crippen MR) is 55.3 cm³/mol. The summed E-state index contributed by atoms with van der Waals surface area (Å²) in [4.78, 5) is 33.5. The molecule has 0 heterocycles. The molecule has 0 bridgehead atoms. The zero-order valence-corrected chi connectivity index (χ0v) is 9.21. The minimum absolute atomic E-state index is 0.0363. The Balaban J connectivity index is 2.54. The van der Waals surface area contributed by atoms with Crippen molar-refractivity contribution in [2.45, 2.75) is 45.6 Å². The van der Waals surface area contributed by atoms with Gasteiger partial charge in [0.1, 0.15) is 5.78 Å². The predicted octanol–water partition coefficient (Wildman–Crippen LogP) is 0.839. The molecule has 0 aromatic rings. The van der Waals surface area contributed by atoms with E-state index in [2.05, 4.69) is 5.32 Å². The maximum absolute atomic E-state index is 11.4. The van der Waals surface area contributed by atoms with E-state index in [0.29, 0.717) is 12.8 Å². The van der Waals surface area contributed by atoms with Crippen molar-refractivity contribution in [1.29, 1.82) is 0 Å². The summed E-state index contributed by atoms with van der Waals surface area (Å²) in [6.45, 7) is 2.83. The monoisotopic (exact) mass is 211 g/mol. The van der Waals surface area contributed by atoms with E-state index in [4.69, 9.17) is 0 Å². The number of carbonyl (C=O) groups excluding carboxylic acids is 3. The van der Waals surface area contributed by atoms with Crippen LogP contribution in [0.2, 0.25) is 0 Å². The van der Waals surface area contributed by atoms with Gasteiger partial charge < -0.3 is 5.32 Å². The Kier molecular flexibility index (Phi) is 4.00. The van der Waals surface area contributed by atoms with Crippen LogP contribution >= 0.6 is 0 Å². The lowest BCUT2D eigenvalue weighted by atomic mass is 9.95. The lowest BCUT2D eigenvalue weighted by Gasteiger charge is -2.17. The molecule has 1 rings (SSSR count). The van der Waals surface area contributed by atoms with Gasteiger partial charge in [-0.15, -0.1) is 0 Å². The molecular formula is C11H17NO3. The summed E-state index contributed by atoms with van der Waals surface area (Å²) < 4.78 is 0. The van der Waals surface area contributed by atoms with Crippen LogP contribution in [0.1, 0.15) is 39.5 Å². The van der Waals surface area contributed by atoms with Crippen LogP contribution in [0.25, 0.3) is 0 Å². The molecule has 2 atom stereocenters. The standard InChI is InChI=1S/C11H17NO3/c1-7(13)10(12-8(2)14)6-9-4-3-5-11(9)15/h9-10H,3-6H2,1-2H3,(H,12,14)/t9?,10-/m0/s1. The normalized spacial score (nSPS) is 22.5. The summed E-state index contributed by atoms with van der Waals surface area (Å²) in [6.07, 6.45) is 2.85. The summed E-state index contributed by atoms with van der Waals surface area (Å²) >= 11 is 0. The Hall–Kier alpha value is -1.19. The van der Waals surface area contributed by atoms with Crippen LogP contribution in [0, 0.1) is 5.92 Å². The van der Waals surface area contributed by atoms with Crippen molar-refractivity contribution >= 4 is 17.5 Å². The number of carbonyl (C=O) groups is 3. The van der Waals surface area contributed by atoms with Gasteiger partial charge in [-0.25, -0.2) is 0 Å². The van der Waals surface area contributed by atoms with Crippen LogP contribution in [-0.4, -0.2) is 23.5 Å². The van der Waals surface area contributed by atoms with E-state index in [1.165, 1.54) is 13.8 Å². The topological polar surface area (TPSA) is 63.2 Å². The number of Topliss-reactive ketones (excluding diaryl/α,β-unsaturated/α-hetero) is 2. The number of nitrogens with one attached hydrogen (secondary N) is 1. The molecule has 1 N–H and O–H groups in total. The van der Waals surface area contributed by atoms with E-state index in [0.717, 1.165) is 12.8 Å². The van der Waals surface area contributed by atoms with Crippen molar-refractivity contribution in [2.75, 3.05) is 0 Å². The lowest BCUT2D eigenvalue weighted by Crippen LogP contribution is -2.40. The number of ketones is 2. The van der Waals surface area contributed by atoms with Crippen molar-refractivity contribution < 1.29 is 14.4 Å². The Bertz CT molecular complexity index is 286. The average Bonchev–Trinajstić information content (AvgIpc) is 2.50. The molecule has 1 fully saturated rings. The van der Waals surface area contributed by atoms with E-state index >= 15 is 0 Å². The van der Waals surface area contributed by atoms with Crippen molar-refractivity contribution in [3.63, 3.8) is 0 Å². The van der Waals surface area contributed by atoms with Crippen LogP contribution in [0.3, 0.4) is 0 Å². The molecule has 1 unspecified atom stereocenters. The van der Waals surface area contributed by atoms with Gasteiger partial charge in [0.2, 0.25) is 5.91 Å². The minimum Gasteiger partial charge on any atom is -0.347 e. The Morgan fingerprint density at radius 1 is 1.47 bits per heavy atom. The number of hydrogen-bond acceptors (Lipinski definition) is 3. The molecule has 1 aliphatic carbocycles. The molecule has 15 heavy (non-hydrogen) atoms. The fraction of sp³-hybridized carbons (Fsp3) is 0.727. The third-order valence-corrected chi connectivity index (χ3v) is 2.82. The smallest absolute Gasteiger partial charge is 0.217 e. The van der Waals surface area contributed by atoms with E-state index < -0.39 is 6.04 Å². The summed E-state index contributed by atoms with van der Waals surface area (Å²) in [7, 11) is 0. The van der Waals surface area contributed by atoms with Gasteiger partial charge in [-0.1, -0.05) is 0 Å². The summed E-state index contributed by atoms with van der Waals surface area (Å²) in [5.41, 5.74) is 0. The first-order valence-corrected chi connectivity index (χ1v) is 5.31. The highest BCUT2D eigenvalue weighted by molar-refractivity contribution is 5.88. The Morgan fingerprint density at radius 2 is 2.13 bits per heavy atom. The first-order chi connectivity index (χ1) is 7.00. The third-order valence-electron chi connectivity index (χ3n) is 2.82. The minimum atomic E-state index is -0.491. The second-order valence-corrected chi connectivity index (χ2v) is 4.15. The van der Waals surface area contributed by atoms with E-state index in [9.17, 15) is 14.4 Å². The molecule has 0 aromatic carbocycles. The molecule has 4 nitrogen and oxygen atoms in total. The first-order valence-electron chi connectivity index (χ1n) is 5.31. The maximum Gasteiger partial charge on any atom is 0.217 e. The molecule has 1 amide bonds. The number of amides is 1. The zero-order chi connectivity index (χ0) is 11.4. The molecule has 0 aliphatic heterocycles. The second kappa shape index (κ2) is 5.05. The summed E-state index contributed by atoms with van der Waals surface area (Å²) in [6, 6.07) is -0.491. The van der Waals surface area contributed by atoms with Gasteiger partial charge in [-0.05, 0) is 26.2 Å².